The molecule has 3 aliphatic heterocycles. The van der Waals surface area contributed by atoms with Gasteiger partial charge in [0.15, 0.2) is 0 Å². The number of nitrogens with one attached hydrogen (secondary N) is 1. The van der Waals surface area contributed by atoms with Crippen molar-refractivity contribution in [2.45, 2.75) is 12.1 Å². The van der Waals surface area contributed by atoms with Crippen LogP contribution in [0.5, 0.6) is 0 Å². The molecule has 156 valence electrons. The maximum atomic E-state index is 13.6. The van der Waals surface area contributed by atoms with Crippen LogP contribution in [-0.4, -0.2) is 68.1 Å². The van der Waals surface area contributed by atoms with Crippen LogP contribution in [0.15, 0.2) is 48.5 Å². The maximum Gasteiger partial charge on any atom is 0.278 e. The molecule has 1 fully saturated rings. The standard InChI is InChI=1S/C23H26N4O3/c1-25-20-10-5-3-8-18(20)23(22(25)29)24-19-9-4-2-7-17(19)21(28)27(23)12-6-11-26-13-15-30-16-14-26/h2-5,7-10,24H,6,11-16H2,1H3/t23-/m0/s1. The third-order valence-electron chi connectivity index (χ3n) is 6.35. The second-order valence-electron chi connectivity index (χ2n) is 8.03. The smallest absolute Gasteiger partial charge is 0.278 e. The molecule has 0 saturated carbocycles. The van der Waals surface area contributed by atoms with Gasteiger partial charge in [0.2, 0.25) is 5.66 Å². The fourth-order valence-corrected chi connectivity index (χ4v) is 4.81. The third kappa shape index (κ3) is 2.80. The van der Waals surface area contributed by atoms with Crippen LogP contribution < -0.4 is 10.2 Å². The molecule has 7 heteroatoms. The quantitative estimate of drug-likeness (QED) is 0.843. The number of rotatable bonds is 4. The number of fused-ring (bicyclic) bond motifs is 3. The highest BCUT2D eigenvalue weighted by Gasteiger charge is 2.58. The number of hydrogen-bond donors (Lipinski definition) is 1. The molecule has 5 rings (SSSR count). The Kier molecular flexibility index (Phi) is 4.72. The van der Waals surface area contributed by atoms with Gasteiger partial charge in [0.05, 0.1) is 24.5 Å². The Labute approximate surface area is 176 Å². The largest absolute Gasteiger partial charge is 0.379 e. The zero-order chi connectivity index (χ0) is 20.7. The zero-order valence-electron chi connectivity index (χ0n) is 17.1. The van der Waals surface area contributed by atoms with E-state index >= 15 is 0 Å². The second kappa shape index (κ2) is 7.41. The number of para-hydroxylation sites is 2. The van der Waals surface area contributed by atoms with Crippen molar-refractivity contribution in [3.8, 4) is 0 Å². The molecule has 2 aromatic rings. The van der Waals surface area contributed by atoms with Crippen molar-refractivity contribution in [2.24, 2.45) is 0 Å². The molecular weight excluding hydrogens is 380 g/mol. The average Bonchev–Trinajstić information content (AvgIpc) is 2.99. The summed E-state index contributed by atoms with van der Waals surface area (Å²) >= 11 is 0. The molecule has 1 atom stereocenters. The summed E-state index contributed by atoms with van der Waals surface area (Å²) in [6.45, 7) is 4.67. The number of hydrogen-bond acceptors (Lipinski definition) is 5. The number of benzene rings is 2. The van der Waals surface area contributed by atoms with E-state index < -0.39 is 5.66 Å². The van der Waals surface area contributed by atoms with Crippen LogP contribution >= 0.6 is 0 Å². The number of amides is 2. The first-order valence-electron chi connectivity index (χ1n) is 10.5. The van der Waals surface area contributed by atoms with E-state index in [1.54, 1.807) is 16.8 Å². The average molecular weight is 406 g/mol. The Morgan fingerprint density at radius 2 is 1.73 bits per heavy atom. The molecule has 7 nitrogen and oxygen atoms in total. The first-order valence-corrected chi connectivity index (χ1v) is 10.5. The first kappa shape index (κ1) is 19.1. The summed E-state index contributed by atoms with van der Waals surface area (Å²) in [4.78, 5) is 33.0. The Hall–Kier alpha value is -2.90. The highest BCUT2D eigenvalue weighted by Crippen LogP contribution is 2.47. The van der Waals surface area contributed by atoms with Gasteiger partial charge in [0.25, 0.3) is 11.8 Å². The number of morpholine rings is 1. The minimum Gasteiger partial charge on any atom is -0.379 e. The van der Waals surface area contributed by atoms with Gasteiger partial charge < -0.3 is 19.9 Å². The zero-order valence-corrected chi connectivity index (χ0v) is 17.1. The molecule has 30 heavy (non-hydrogen) atoms. The lowest BCUT2D eigenvalue weighted by Crippen LogP contribution is -2.62. The third-order valence-corrected chi connectivity index (χ3v) is 6.35. The van der Waals surface area contributed by atoms with Crippen molar-refractivity contribution in [3.05, 3.63) is 59.7 Å². The van der Waals surface area contributed by atoms with Gasteiger partial charge in [-0.15, -0.1) is 0 Å². The fourth-order valence-electron chi connectivity index (χ4n) is 4.81. The van der Waals surface area contributed by atoms with Crippen molar-refractivity contribution in [1.29, 1.82) is 0 Å². The van der Waals surface area contributed by atoms with Crippen molar-refractivity contribution in [3.63, 3.8) is 0 Å². The molecule has 0 unspecified atom stereocenters. The van der Waals surface area contributed by atoms with E-state index in [9.17, 15) is 9.59 Å². The Morgan fingerprint density at radius 1 is 1.00 bits per heavy atom. The highest BCUT2D eigenvalue weighted by molar-refractivity contribution is 6.15. The molecule has 0 radical (unpaired) electrons. The van der Waals surface area contributed by atoms with Crippen molar-refractivity contribution < 1.29 is 14.3 Å². The lowest BCUT2D eigenvalue weighted by Gasteiger charge is -2.45. The first-order chi connectivity index (χ1) is 14.6. The monoisotopic (exact) mass is 406 g/mol. The minimum atomic E-state index is -1.21. The summed E-state index contributed by atoms with van der Waals surface area (Å²) in [5.74, 6) is -0.234. The van der Waals surface area contributed by atoms with Crippen LogP contribution in [0.2, 0.25) is 0 Å². The van der Waals surface area contributed by atoms with E-state index in [1.807, 2.05) is 48.5 Å². The van der Waals surface area contributed by atoms with Crippen molar-refractivity contribution >= 4 is 23.2 Å². The SMILES string of the molecule is CN1C(=O)[C@]2(Nc3ccccc3C(=O)N2CCCN2CCOCC2)c2ccccc21. The Morgan fingerprint density at radius 3 is 2.57 bits per heavy atom. The Balaban J connectivity index is 1.52. The topological polar surface area (TPSA) is 65.1 Å². The molecular formula is C23H26N4O3. The highest BCUT2D eigenvalue weighted by atomic mass is 16.5. The van der Waals surface area contributed by atoms with E-state index in [0.717, 1.165) is 50.5 Å². The molecule has 0 aromatic heterocycles. The van der Waals surface area contributed by atoms with Gasteiger partial charge in [0, 0.05) is 44.5 Å². The summed E-state index contributed by atoms with van der Waals surface area (Å²) in [6, 6.07) is 15.2. The minimum absolute atomic E-state index is 0.107. The van der Waals surface area contributed by atoms with Gasteiger partial charge in [0.1, 0.15) is 0 Å². The number of likely N-dealkylation sites (N-methyl/N-ethyl adjacent to an activating group) is 1. The van der Waals surface area contributed by atoms with Gasteiger partial charge in [-0.2, -0.15) is 0 Å². The summed E-state index contributed by atoms with van der Waals surface area (Å²) in [5.41, 5.74) is 1.76. The van der Waals surface area contributed by atoms with Crippen LogP contribution in [-0.2, 0) is 15.2 Å². The number of carbonyl (C=O) groups is 2. The van der Waals surface area contributed by atoms with Crippen LogP contribution in [0.4, 0.5) is 11.4 Å². The number of carbonyl (C=O) groups excluding carboxylic acids is 2. The molecule has 1 spiro atoms. The lowest BCUT2D eigenvalue weighted by molar-refractivity contribution is -0.127. The molecule has 0 aliphatic carbocycles. The second-order valence-corrected chi connectivity index (χ2v) is 8.03. The molecule has 2 aromatic carbocycles. The number of ether oxygens (including phenoxy) is 1. The van der Waals surface area contributed by atoms with E-state index in [4.69, 9.17) is 4.74 Å². The molecule has 2 amide bonds. The maximum absolute atomic E-state index is 13.6. The lowest BCUT2D eigenvalue weighted by atomic mass is 9.92. The van der Waals surface area contributed by atoms with Crippen LogP contribution in [0, 0.1) is 0 Å². The summed E-state index contributed by atoms with van der Waals surface area (Å²) < 4.78 is 5.43. The molecule has 0 bridgehead atoms. The van der Waals surface area contributed by atoms with Crippen LogP contribution in [0.25, 0.3) is 0 Å². The predicted molar refractivity (Wildman–Crippen MR) is 115 cm³/mol. The van der Waals surface area contributed by atoms with E-state index in [2.05, 4.69) is 10.2 Å². The van der Waals surface area contributed by atoms with Crippen LogP contribution in [0.1, 0.15) is 22.3 Å². The number of nitrogens with zero attached hydrogens (tertiary/aromatic N) is 3. The van der Waals surface area contributed by atoms with Crippen molar-refractivity contribution in [1.82, 2.24) is 9.80 Å². The van der Waals surface area contributed by atoms with Crippen LogP contribution in [0.3, 0.4) is 0 Å². The Bertz CT molecular complexity index is 988. The van der Waals surface area contributed by atoms with Gasteiger partial charge in [-0.3, -0.25) is 14.5 Å². The van der Waals surface area contributed by atoms with E-state index in [0.29, 0.717) is 17.8 Å². The molecule has 3 aliphatic rings. The number of anilines is 2. The summed E-state index contributed by atoms with van der Waals surface area (Å²) in [6.07, 6.45) is 0.788. The van der Waals surface area contributed by atoms with E-state index in [1.165, 1.54) is 0 Å². The summed E-state index contributed by atoms with van der Waals surface area (Å²) in [7, 11) is 1.77. The predicted octanol–water partition coefficient (Wildman–Crippen LogP) is 2.11. The van der Waals surface area contributed by atoms with Gasteiger partial charge in [-0.25, -0.2) is 0 Å². The van der Waals surface area contributed by atoms with Gasteiger partial charge in [-0.05, 0) is 24.6 Å². The summed E-state index contributed by atoms with van der Waals surface area (Å²) in [5, 5.41) is 3.46. The molecule has 1 saturated heterocycles. The molecule has 3 heterocycles. The van der Waals surface area contributed by atoms with Gasteiger partial charge >= 0.3 is 0 Å². The molecule has 1 N–H and O–H groups in total. The fraction of sp³-hybridized carbons (Fsp3) is 0.391. The normalized spacial score (nSPS) is 23.5. The van der Waals surface area contributed by atoms with E-state index in [-0.39, 0.29) is 11.8 Å². The van der Waals surface area contributed by atoms with Crippen molar-refractivity contribution in [2.75, 3.05) is 56.7 Å². The van der Waals surface area contributed by atoms with Gasteiger partial charge in [-0.1, -0.05) is 30.3 Å².